The van der Waals surface area contributed by atoms with Crippen LogP contribution in [-0.4, -0.2) is 64.6 Å². The van der Waals surface area contributed by atoms with E-state index in [4.69, 9.17) is 4.42 Å². The van der Waals surface area contributed by atoms with Crippen LogP contribution < -0.4 is 10.9 Å². The molecule has 1 fully saturated rings. The van der Waals surface area contributed by atoms with Crippen LogP contribution >= 0.6 is 0 Å². The number of hydrogen-bond acceptors (Lipinski definition) is 10. The fourth-order valence-electron chi connectivity index (χ4n) is 4.12. The molecule has 0 unspecified atom stereocenters. The highest BCUT2D eigenvalue weighted by Crippen LogP contribution is 2.32. The molecule has 34 heavy (non-hydrogen) atoms. The summed E-state index contributed by atoms with van der Waals surface area (Å²) in [5, 5.41) is 28.6. The number of rotatable bonds is 6. The molecule has 13 heteroatoms. The Labute approximate surface area is 194 Å². The van der Waals surface area contributed by atoms with Crippen molar-refractivity contribution in [3.05, 3.63) is 61.1 Å². The number of nitro groups is 2. The molecule has 1 amide bonds. The van der Waals surface area contributed by atoms with Gasteiger partial charge in [-0.05, 0) is 32.9 Å². The number of anilines is 1. The number of piperazine rings is 1. The Balaban J connectivity index is 1.57. The first kappa shape index (κ1) is 23.3. The summed E-state index contributed by atoms with van der Waals surface area (Å²) in [5.74, 6) is 0.542. The number of nitrogens with zero attached hydrogens (tertiary/aromatic N) is 5. The van der Waals surface area contributed by atoms with Crippen LogP contribution in [0.25, 0.3) is 0 Å². The number of amides is 1. The zero-order chi connectivity index (χ0) is 24.4. The predicted molar refractivity (Wildman–Crippen MR) is 123 cm³/mol. The minimum absolute atomic E-state index is 0.0319. The van der Waals surface area contributed by atoms with Crippen molar-refractivity contribution in [1.29, 1.82) is 0 Å². The number of nitro benzene ring substituents is 2. The number of nitrogens with one attached hydrogen (secondary N) is 2. The zero-order valence-corrected chi connectivity index (χ0v) is 18.9. The van der Waals surface area contributed by atoms with Gasteiger partial charge in [0.2, 0.25) is 0 Å². The molecule has 13 nitrogen and oxygen atoms in total. The van der Waals surface area contributed by atoms with Crippen molar-refractivity contribution in [2.45, 2.75) is 26.2 Å². The quantitative estimate of drug-likeness (QED) is 0.476. The lowest BCUT2D eigenvalue weighted by Crippen LogP contribution is -2.52. The summed E-state index contributed by atoms with van der Waals surface area (Å²) in [5.41, 5.74) is 6.75. The van der Waals surface area contributed by atoms with Gasteiger partial charge in [-0.2, -0.15) is 5.10 Å². The van der Waals surface area contributed by atoms with Gasteiger partial charge in [0, 0.05) is 49.8 Å². The van der Waals surface area contributed by atoms with E-state index in [1.807, 2.05) is 12.1 Å². The Hall–Kier alpha value is -3.84. The number of aryl methyl sites for hydroxylation is 1. The molecule has 2 aliphatic rings. The van der Waals surface area contributed by atoms with Crippen molar-refractivity contribution in [2.24, 2.45) is 5.10 Å². The van der Waals surface area contributed by atoms with Gasteiger partial charge in [-0.25, -0.2) is 5.01 Å². The van der Waals surface area contributed by atoms with Gasteiger partial charge in [0.1, 0.15) is 11.4 Å². The third-order valence-electron chi connectivity index (χ3n) is 5.99. The number of carbonyl (C=O) groups is 1. The van der Waals surface area contributed by atoms with Crippen molar-refractivity contribution < 1.29 is 19.1 Å². The molecule has 0 atom stereocenters. The average molecular weight is 471 g/mol. The van der Waals surface area contributed by atoms with Gasteiger partial charge in [0.25, 0.3) is 5.69 Å². The van der Waals surface area contributed by atoms with Crippen LogP contribution in [0.4, 0.5) is 17.1 Å². The van der Waals surface area contributed by atoms with Crippen LogP contribution in [0.2, 0.25) is 0 Å². The Morgan fingerprint density at radius 3 is 2.53 bits per heavy atom. The average Bonchev–Trinajstić information content (AvgIpc) is 3.16. The summed E-state index contributed by atoms with van der Waals surface area (Å²) in [4.78, 5) is 36.0. The van der Waals surface area contributed by atoms with Gasteiger partial charge in [0.15, 0.2) is 5.76 Å². The molecule has 1 aliphatic heterocycles. The Morgan fingerprint density at radius 2 is 1.85 bits per heavy atom. The number of carbonyl (C=O) groups excluding carboxylic acids is 1. The summed E-state index contributed by atoms with van der Waals surface area (Å²) in [6, 6.07) is 3.31. The SMILES string of the molecule is Cc1c(C(=O)NN2CCN(C)CC2)oc2c1/C(=N/Nc1ccc([N+](=O)[O-])cc1[N+](=O)[O-])CCC2. The normalized spacial score (nSPS) is 17.9. The van der Waals surface area contributed by atoms with Crippen molar-refractivity contribution in [1.82, 2.24) is 15.3 Å². The fraction of sp³-hybridized carbons (Fsp3) is 0.429. The molecule has 0 radical (unpaired) electrons. The Kier molecular flexibility index (Phi) is 6.56. The first-order chi connectivity index (χ1) is 16.2. The summed E-state index contributed by atoms with van der Waals surface area (Å²) in [6.45, 7) is 4.92. The van der Waals surface area contributed by atoms with Gasteiger partial charge in [-0.3, -0.25) is 35.9 Å². The molecule has 1 aromatic heterocycles. The summed E-state index contributed by atoms with van der Waals surface area (Å²) in [6.07, 6.45) is 1.97. The maximum atomic E-state index is 12.9. The topological polar surface area (TPSA) is 159 Å². The highest BCUT2D eigenvalue weighted by molar-refractivity contribution is 6.06. The number of fused-ring (bicyclic) bond motifs is 1. The molecule has 2 heterocycles. The first-order valence-electron chi connectivity index (χ1n) is 10.9. The van der Waals surface area contributed by atoms with E-state index in [2.05, 4.69) is 20.9 Å². The van der Waals surface area contributed by atoms with E-state index in [1.165, 1.54) is 12.1 Å². The van der Waals surface area contributed by atoms with Crippen LogP contribution in [0.15, 0.2) is 27.7 Å². The summed E-state index contributed by atoms with van der Waals surface area (Å²) < 4.78 is 5.91. The standard InChI is InChI=1S/C21H25N7O6/c1-13-19-16(23-22-15-7-6-14(27(30)31)12-17(15)28(32)33)4-3-5-18(19)34-20(13)21(29)24-26-10-8-25(2)9-11-26/h6-7,12,22H,3-5,8-11H2,1-2H3,(H,24,29)/b23-16+. The van der Waals surface area contributed by atoms with Gasteiger partial charge in [-0.1, -0.05) is 0 Å². The molecule has 180 valence electrons. The molecule has 1 saturated heterocycles. The van der Waals surface area contributed by atoms with Crippen molar-refractivity contribution in [3.8, 4) is 0 Å². The first-order valence-corrected chi connectivity index (χ1v) is 10.9. The predicted octanol–water partition coefficient (Wildman–Crippen LogP) is 2.45. The van der Waals surface area contributed by atoms with Crippen LogP contribution in [0.5, 0.6) is 0 Å². The molecule has 0 spiro atoms. The minimum Gasteiger partial charge on any atom is -0.455 e. The highest BCUT2D eigenvalue weighted by Gasteiger charge is 2.29. The van der Waals surface area contributed by atoms with Crippen molar-refractivity contribution in [2.75, 3.05) is 38.7 Å². The van der Waals surface area contributed by atoms with E-state index in [-0.39, 0.29) is 23.0 Å². The van der Waals surface area contributed by atoms with E-state index < -0.39 is 15.5 Å². The molecule has 1 aromatic carbocycles. The van der Waals surface area contributed by atoms with Crippen molar-refractivity contribution >= 4 is 28.7 Å². The molecule has 2 aromatic rings. The summed E-state index contributed by atoms with van der Waals surface area (Å²) >= 11 is 0. The minimum atomic E-state index is -0.703. The van der Waals surface area contributed by atoms with E-state index in [9.17, 15) is 25.0 Å². The lowest BCUT2D eigenvalue weighted by molar-refractivity contribution is -0.393. The van der Waals surface area contributed by atoms with Crippen LogP contribution in [0.3, 0.4) is 0 Å². The second-order valence-electron chi connectivity index (χ2n) is 8.33. The third kappa shape index (κ3) is 4.75. The molecular formula is C21H25N7O6. The number of hydrogen-bond donors (Lipinski definition) is 2. The van der Waals surface area contributed by atoms with E-state index in [1.54, 1.807) is 6.92 Å². The highest BCUT2D eigenvalue weighted by atomic mass is 16.6. The van der Waals surface area contributed by atoms with Crippen LogP contribution in [0, 0.1) is 27.2 Å². The van der Waals surface area contributed by atoms with Gasteiger partial charge in [0.05, 0.1) is 21.6 Å². The van der Waals surface area contributed by atoms with E-state index in [0.717, 1.165) is 25.6 Å². The molecule has 2 N–H and O–H groups in total. The second kappa shape index (κ2) is 9.57. The Bertz CT molecular complexity index is 1170. The Morgan fingerprint density at radius 1 is 1.12 bits per heavy atom. The molecule has 0 bridgehead atoms. The van der Waals surface area contributed by atoms with Gasteiger partial charge in [-0.15, -0.1) is 0 Å². The maximum absolute atomic E-state index is 12.9. The van der Waals surface area contributed by atoms with Crippen LogP contribution in [-0.2, 0) is 6.42 Å². The number of hydrazone groups is 1. The van der Waals surface area contributed by atoms with Gasteiger partial charge >= 0.3 is 11.6 Å². The molecule has 1 aliphatic carbocycles. The van der Waals surface area contributed by atoms with E-state index >= 15 is 0 Å². The monoisotopic (exact) mass is 471 g/mol. The zero-order valence-electron chi connectivity index (χ0n) is 18.9. The maximum Gasteiger partial charge on any atom is 0.301 e. The van der Waals surface area contributed by atoms with Crippen molar-refractivity contribution in [3.63, 3.8) is 0 Å². The third-order valence-corrected chi connectivity index (χ3v) is 5.99. The molecule has 0 saturated carbocycles. The lowest BCUT2D eigenvalue weighted by Gasteiger charge is -2.32. The number of furan rings is 1. The fourth-order valence-corrected chi connectivity index (χ4v) is 4.12. The summed E-state index contributed by atoms with van der Waals surface area (Å²) in [7, 11) is 2.03. The second-order valence-corrected chi connectivity index (χ2v) is 8.33. The number of non-ortho nitro benzene ring substituents is 1. The molecule has 4 rings (SSSR count). The van der Waals surface area contributed by atoms with Crippen LogP contribution in [0.1, 0.15) is 40.3 Å². The largest absolute Gasteiger partial charge is 0.455 e. The lowest BCUT2D eigenvalue weighted by atomic mass is 9.93. The smallest absolute Gasteiger partial charge is 0.301 e. The number of benzene rings is 1. The number of hydrazine groups is 1. The van der Waals surface area contributed by atoms with Gasteiger partial charge < -0.3 is 9.32 Å². The molecular weight excluding hydrogens is 446 g/mol. The van der Waals surface area contributed by atoms with E-state index in [0.29, 0.717) is 48.5 Å². The number of likely N-dealkylation sites (N-methyl/N-ethyl adjacent to an activating group) is 1.